The Bertz CT molecular complexity index is 909. The summed E-state index contributed by atoms with van der Waals surface area (Å²) in [5.74, 6) is 2.13. The van der Waals surface area contributed by atoms with E-state index in [9.17, 15) is 0 Å². The van der Waals surface area contributed by atoms with Crippen LogP contribution in [0, 0.1) is 17.3 Å². The molecule has 0 saturated carbocycles. The lowest BCUT2D eigenvalue weighted by molar-refractivity contribution is 0.217. The van der Waals surface area contributed by atoms with Gasteiger partial charge in [0, 0.05) is 5.56 Å². The number of aromatic nitrogens is 1. The van der Waals surface area contributed by atoms with Crippen molar-refractivity contribution in [1.82, 2.24) is 4.98 Å². The largest absolute Gasteiger partial charge is 0.494 e. The summed E-state index contributed by atoms with van der Waals surface area (Å²) < 4.78 is 5.68. The van der Waals surface area contributed by atoms with Crippen LogP contribution in [0.15, 0.2) is 42.5 Å². The van der Waals surface area contributed by atoms with Gasteiger partial charge < -0.3 is 4.74 Å². The minimum Gasteiger partial charge on any atom is -0.494 e. The molecular weight excluding hydrogens is 350 g/mol. The SMILES string of the molecule is C=C(C)[C@@H]1CC=C2c3sc(-c4cccc(OCC)c4)nc3C[C@@H](C)[C@]2(C)C1. The Morgan fingerprint density at radius 1 is 1.41 bits per heavy atom. The van der Waals surface area contributed by atoms with E-state index in [0.29, 0.717) is 18.4 Å². The highest BCUT2D eigenvalue weighted by Gasteiger charge is 2.45. The first-order valence-corrected chi connectivity index (χ1v) is 10.8. The zero-order chi connectivity index (χ0) is 19.2. The van der Waals surface area contributed by atoms with Gasteiger partial charge in [-0.25, -0.2) is 4.98 Å². The number of ether oxygens (including phenoxy) is 1. The number of fused-ring (bicyclic) bond motifs is 3. The predicted molar refractivity (Wildman–Crippen MR) is 115 cm³/mol. The highest BCUT2D eigenvalue weighted by molar-refractivity contribution is 7.16. The quantitative estimate of drug-likeness (QED) is 0.546. The standard InChI is InChI=1S/C24H29NOS/c1-6-26-19-9-7-8-17(13-19)23-25-21-12-16(4)24(5)14-18(15(2)3)10-11-20(24)22(21)27-23/h7-9,11,13,16,18H,2,6,10,12,14H2,1,3-5H3/t16-,18-,24+/m1/s1. The van der Waals surface area contributed by atoms with Crippen molar-refractivity contribution in [2.45, 2.75) is 47.0 Å². The summed E-state index contributed by atoms with van der Waals surface area (Å²) in [6.07, 6.45) is 5.87. The molecule has 0 bridgehead atoms. The van der Waals surface area contributed by atoms with Crippen LogP contribution in [0.5, 0.6) is 5.75 Å². The lowest BCUT2D eigenvalue weighted by Gasteiger charge is -2.46. The second-order valence-electron chi connectivity index (χ2n) is 8.38. The summed E-state index contributed by atoms with van der Waals surface area (Å²) in [5, 5.41) is 1.11. The maximum atomic E-state index is 5.68. The molecule has 1 aromatic heterocycles. The molecule has 3 heteroatoms. The second kappa shape index (κ2) is 6.94. The van der Waals surface area contributed by atoms with Crippen LogP contribution in [0.1, 0.15) is 51.1 Å². The lowest BCUT2D eigenvalue weighted by atomic mass is 9.59. The fourth-order valence-corrected chi connectivity index (χ4v) is 5.88. The third kappa shape index (κ3) is 3.16. The Labute approximate surface area is 167 Å². The number of thiazole rings is 1. The molecule has 0 saturated heterocycles. The maximum absolute atomic E-state index is 5.68. The highest BCUT2D eigenvalue weighted by atomic mass is 32.1. The van der Waals surface area contributed by atoms with Crippen LogP contribution in [-0.2, 0) is 6.42 Å². The maximum Gasteiger partial charge on any atom is 0.124 e. The van der Waals surface area contributed by atoms with Gasteiger partial charge in [-0.15, -0.1) is 11.3 Å². The van der Waals surface area contributed by atoms with Crippen molar-refractivity contribution in [3.05, 3.63) is 53.1 Å². The predicted octanol–water partition coefficient (Wildman–Crippen LogP) is 6.78. The van der Waals surface area contributed by atoms with Crippen molar-refractivity contribution in [2.24, 2.45) is 17.3 Å². The van der Waals surface area contributed by atoms with E-state index in [2.05, 4.69) is 51.6 Å². The van der Waals surface area contributed by atoms with Crippen LogP contribution >= 0.6 is 11.3 Å². The van der Waals surface area contributed by atoms with Crippen LogP contribution < -0.4 is 4.74 Å². The zero-order valence-corrected chi connectivity index (χ0v) is 17.7. The van der Waals surface area contributed by atoms with Gasteiger partial charge in [0.25, 0.3) is 0 Å². The number of hydrogen-bond donors (Lipinski definition) is 0. The average molecular weight is 380 g/mol. The number of benzene rings is 1. The topological polar surface area (TPSA) is 22.1 Å². The fraction of sp³-hybridized carbons (Fsp3) is 0.458. The molecule has 2 aromatic rings. The summed E-state index contributed by atoms with van der Waals surface area (Å²) in [6.45, 7) is 14.0. The van der Waals surface area contributed by atoms with Gasteiger partial charge in [0.15, 0.2) is 0 Å². The number of nitrogens with zero attached hydrogens (tertiary/aromatic N) is 1. The Morgan fingerprint density at radius 3 is 2.96 bits per heavy atom. The first-order chi connectivity index (χ1) is 12.9. The molecule has 0 fully saturated rings. The summed E-state index contributed by atoms with van der Waals surface area (Å²) >= 11 is 1.85. The molecule has 0 unspecified atom stereocenters. The molecule has 3 atom stereocenters. The van der Waals surface area contributed by atoms with Crippen LogP contribution in [0.25, 0.3) is 16.1 Å². The molecule has 2 nitrogen and oxygen atoms in total. The molecule has 1 aromatic carbocycles. The van der Waals surface area contributed by atoms with Gasteiger partial charge in [0.2, 0.25) is 0 Å². The second-order valence-corrected chi connectivity index (χ2v) is 9.38. The molecule has 27 heavy (non-hydrogen) atoms. The monoisotopic (exact) mass is 379 g/mol. The summed E-state index contributed by atoms with van der Waals surface area (Å²) in [5.41, 5.74) is 5.51. The van der Waals surface area contributed by atoms with Crippen molar-refractivity contribution in [2.75, 3.05) is 6.61 Å². The Kier molecular flexibility index (Phi) is 4.75. The van der Waals surface area contributed by atoms with Crippen molar-refractivity contribution in [3.63, 3.8) is 0 Å². The van der Waals surface area contributed by atoms with Crippen molar-refractivity contribution in [3.8, 4) is 16.3 Å². The third-order valence-corrected chi connectivity index (χ3v) is 7.69. The molecule has 0 spiro atoms. The van der Waals surface area contributed by atoms with E-state index >= 15 is 0 Å². The van der Waals surface area contributed by atoms with Gasteiger partial charge in [-0.3, -0.25) is 0 Å². The average Bonchev–Trinajstić information content (AvgIpc) is 3.06. The minimum absolute atomic E-state index is 0.228. The minimum atomic E-state index is 0.228. The van der Waals surface area contributed by atoms with Crippen LogP contribution in [0.3, 0.4) is 0 Å². The highest BCUT2D eigenvalue weighted by Crippen LogP contribution is 2.57. The summed E-state index contributed by atoms with van der Waals surface area (Å²) in [6, 6.07) is 8.33. The van der Waals surface area contributed by atoms with Gasteiger partial charge >= 0.3 is 0 Å². The Morgan fingerprint density at radius 2 is 2.22 bits per heavy atom. The molecule has 0 radical (unpaired) electrons. The lowest BCUT2D eigenvalue weighted by Crippen LogP contribution is -2.36. The van der Waals surface area contributed by atoms with Gasteiger partial charge in [-0.2, -0.15) is 0 Å². The van der Waals surface area contributed by atoms with E-state index in [1.165, 1.54) is 28.1 Å². The van der Waals surface area contributed by atoms with Crippen LogP contribution in [0.2, 0.25) is 0 Å². The Balaban J connectivity index is 1.75. The smallest absolute Gasteiger partial charge is 0.124 e. The molecule has 4 rings (SSSR count). The fourth-order valence-electron chi connectivity index (χ4n) is 4.62. The van der Waals surface area contributed by atoms with E-state index < -0.39 is 0 Å². The number of hydrogen-bond acceptors (Lipinski definition) is 3. The summed E-state index contributed by atoms with van der Waals surface area (Å²) in [7, 11) is 0. The van der Waals surface area contributed by atoms with E-state index in [1.807, 2.05) is 24.3 Å². The molecule has 0 N–H and O–H groups in total. The van der Waals surface area contributed by atoms with Gasteiger partial charge in [0.1, 0.15) is 10.8 Å². The van der Waals surface area contributed by atoms with Crippen molar-refractivity contribution < 1.29 is 4.74 Å². The van der Waals surface area contributed by atoms with E-state index in [1.54, 1.807) is 0 Å². The number of allylic oxidation sites excluding steroid dienone is 3. The zero-order valence-electron chi connectivity index (χ0n) is 16.8. The van der Waals surface area contributed by atoms with E-state index in [4.69, 9.17) is 9.72 Å². The van der Waals surface area contributed by atoms with Gasteiger partial charge in [-0.1, -0.05) is 44.2 Å². The first-order valence-electron chi connectivity index (χ1n) is 10.0. The van der Waals surface area contributed by atoms with Crippen LogP contribution in [0.4, 0.5) is 0 Å². The van der Waals surface area contributed by atoms with Gasteiger partial charge in [0.05, 0.1) is 17.2 Å². The van der Waals surface area contributed by atoms with Gasteiger partial charge in [-0.05, 0) is 68.1 Å². The molecular formula is C24H29NOS. The van der Waals surface area contributed by atoms with E-state index in [0.717, 1.165) is 29.2 Å². The molecule has 2 aliphatic rings. The molecule has 142 valence electrons. The van der Waals surface area contributed by atoms with E-state index in [-0.39, 0.29) is 5.41 Å². The molecule has 0 aliphatic heterocycles. The first kappa shape index (κ1) is 18.5. The normalized spacial score (nSPS) is 26.7. The molecule has 0 amide bonds. The molecule has 2 aliphatic carbocycles. The van der Waals surface area contributed by atoms with Crippen molar-refractivity contribution in [1.29, 1.82) is 0 Å². The Hall–Kier alpha value is -1.87. The van der Waals surface area contributed by atoms with Crippen molar-refractivity contribution >= 4 is 16.9 Å². The summed E-state index contributed by atoms with van der Waals surface area (Å²) in [4.78, 5) is 6.46. The molecule has 1 heterocycles. The number of rotatable bonds is 4. The third-order valence-electron chi connectivity index (χ3n) is 6.51. The van der Waals surface area contributed by atoms with Crippen LogP contribution in [-0.4, -0.2) is 11.6 Å².